The van der Waals surface area contributed by atoms with Crippen LogP contribution in [0.25, 0.3) is 0 Å². The van der Waals surface area contributed by atoms with Gasteiger partial charge in [0.05, 0.1) is 13.7 Å². The number of furan rings is 1. The number of rotatable bonds is 6. The van der Waals surface area contributed by atoms with E-state index >= 15 is 0 Å². The van der Waals surface area contributed by atoms with Crippen molar-refractivity contribution in [3.63, 3.8) is 0 Å². The van der Waals surface area contributed by atoms with Crippen molar-refractivity contribution in [3.8, 4) is 5.75 Å². The Bertz CT molecular complexity index is 911. The molecule has 8 nitrogen and oxygen atoms in total. The van der Waals surface area contributed by atoms with Crippen molar-refractivity contribution in [2.24, 2.45) is 0 Å². The Morgan fingerprint density at radius 1 is 1.21 bits per heavy atom. The van der Waals surface area contributed by atoms with Gasteiger partial charge in [-0.15, -0.1) is 0 Å². The molecule has 0 unspecified atom stereocenters. The summed E-state index contributed by atoms with van der Waals surface area (Å²) in [7, 11) is 1.20. The highest BCUT2D eigenvalue weighted by molar-refractivity contribution is 6.07. The van der Waals surface area contributed by atoms with E-state index in [0.717, 1.165) is 4.90 Å². The summed E-state index contributed by atoms with van der Waals surface area (Å²) in [6.07, 6.45) is 0. The summed E-state index contributed by atoms with van der Waals surface area (Å²) in [4.78, 5) is 37.6. The maximum Gasteiger partial charge on any atom is 0.387 e. The van der Waals surface area contributed by atoms with Crippen molar-refractivity contribution in [3.05, 3.63) is 53.5 Å². The SMILES string of the molecule is COC(=O)c1ccc(CN2C(=O)N[C@](C)(c3ccc(OC(F)F)cc3)C2=O)o1. The fourth-order valence-electron chi connectivity index (χ4n) is 2.83. The Labute approximate surface area is 158 Å². The van der Waals surface area contributed by atoms with Crippen LogP contribution in [0.3, 0.4) is 0 Å². The van der Waals surface area contributed by atoms with E-state index in [4.69, 9.17) is 4.42 Å². The van der Waals surface area contributed by atoms with Crippen LogP contribution in [0.5, 0.6) is 5.75 Å². The van der Waals surface area contributed by atoms with Crippen molar-refractivity contribution in [2.75, 3.05) is 7.11 Å². The summed E-state index contributed by atoms with van der Waals surface area (Å²) in [6, 6.07) is 7.58. The van der Waals surface area contributed by atoms with Gasteiger partial charge in [-0.3, -0.25) is 9.69 Å². The Balaban J connectivity index is 1.78. The van der Waals surface area contributed by atoms with Crippen LogP contribution in [0.2, 0.25) is 0 Å². The van der Waals surface area contributed by atoms with E-state index in [1.807, 2.05) is 0 Å². The fraction of sp³-hybridized carbons (Fsp3) is 0.278. The van der Waals surface area contributed by atoms with Crippen LogP contribution >= 0.6 is 0 Å². The number of alkyl halides is 2. The highest BCUT2D eigenvalue weighted by Gasteiger charge is 2.49. The number of hydrogen-bond acceptors (Lipinski definition) is 6. The Morgan fingerprint density at radius 2 is 1.89 bits per heavy atom. The molecule has 3 rings (SSSR count). The number of amides is 3. The lowest BCUT2D eigenvalue weighted by Crippen LogP contribution is -2.40. The van der Waals surface area contributed by atoms with Gasteiger partial charge >= 0.3 is 18.6 Å². The van der Waals surface area contributed by atoms with Crippen LogP contribution in [-0.4, -0.2) is 36.5 Å². The average molecular weight is 394 g/mol. The number of nitrogens with zero attached hydrogens (tertiary/aromatic N) is 1. The molecule has 148 valence electrons. The molecule has 1 fully saturated rings. The monoisotopic (exact) mass is 394 g/mol. The summed E-state index contributed by atoms with van der Waals surface area (Å²) >= 11 is 0. The number of halogens is 2. The normalized spacial score (nSPS) is 19.1. The molecule has 0 bridgehead atoms. The molecule has 1 aromatic heterocycles. The first kappa shape index (κ1) is 19.3. The molecule has 28 heavy (non-hydrogen) atoms. The number of carbonyl (C=O) groups excluding carboxylic acids is 3. The number of methoxy groups -OCH3 is 1. The van der Waals surface area contributed by atoms with Gasteiger partial charge in [0, 0.05) is 0 Å². The maximum atomic E-state index is 12.9. The third-order valence-electron chi connectivity index (χ3n) is 4.29. The van der Waals surface area contributed by atoms with Crippen molar-refractivity contribution in [1.29, 1.82) is 0 Å². The molecular formula is C18H16F2N2O6. The number of benzene rings is 1. The Morgan fingerprint density at radius 3 is 2.50 bits per heavy atom. The fourth-order valence-corrected chi connectivity index (χ4v) is 2.83. The molecule has 1 aliphatic rings. The number of imide groups is 1. The second kappa shape index (κ2) is 7.29. The van der Waals surface area contributed by atoms with E-state index in [0.29, 0.717) is 5.56 Å². The van der Waals surface area contributed by atoms with E-state index in [1.165, 1.54) is 50.4 Å². The first-order valence-corrected chi connectivity index (χ1v) is 8.11. The highest BCUT2D eigenvalue weighted by Crippen LogP contribution is 2.31. The zero-order valence-corrected chi connectivity index (χ0v) is 14.9. The van der Waals surface area contributed by atoms with E-state index < -0.39 is 30.1 Å². The molecule has 0 radical (unpaired) electrons. The third kappa shape index (κ3) is 3.53. The third-order valence-corrected chi connectivity index (χ3v) is 4.29. The van der Waals surface area contributed by atoms with Gasteiger partial charge in [0.15, 0.2) is 0 Å². The summed E-state index contributed by atoms with van der Waals surface area (Å²) in [5.74, 6) is -1.15. The van der Waals surface area contributed by atoms with Gasteiger partial charge in [-0.25, -0.2) is 9.59 Å². The Hall–Kier alpha value is -3.43. The van der Waals surface area contributed by atoms with Crippen LogP contribution in [-0.2, 0) is 21.6 Å². The molecule has 0 spiro atoms. The number of esters is 1. The van der Waals surface area contributed by atoms with Gasteiger partial charge in [-0.1, -0.05) is 12.1 Å². The van der Waals surface area contributed by atoms with Crippen LogP contribution in [0.1, 0.15) is 28.8 Å². The lowest BCUT2D eigenvalue weighted by atomic mass is 9.92. The molecule has 1 saturated heterocycles. The van der Waals surface area contributed by atoms with Gasteiger partial charge in [0.2, 0.25) is 5.76 Å². The van der Waals surface area contributed by atoms with Crippen LogP contribution in [0.4, 0.5) is 13.6 Å². The average Bonchev–Trinajstić information content (AvgIpc) is 3.21. The topological polar surface area (TPSA) is 98.1 Å². The smallest absolute Gasteiger partial charge is 0.387 e. The molecular weight excluding hydrogens is 378 g/mol. The number of urea groups is 1. The van der Waals surface area contributed by atoms with Gasteiger partial charge in [0.1, 0.15) is 17.0 Å². The molecule has 2 heterocycles. The predicted octanol–water partition coefficient (Wildman–Crippen LogP) is 2.63. The molecule has 3 amide bonds. The first-order chi connectivity index (χ1) is 13.2. The van der Waals surface area contributed by atoms with Crippen LogP contribution < -0.4 is 10.1 Å². The molecule has 0 aliphatic carbocycles. The molecule has 1 aliphatic heterocycles. The van der Waals surface area contributed by atoms with E-state index in [1.54, 1.807) is 0 Å². The number of hydrogen-bond donors (Lipinski definition) is 1. The molecule has 1 atom stereocenters. The standard InChI is InChI=1S/C18H16F2N2O6/c1-18(10-3-5-11(6-4-10)28-16(19)20)15(24)22(17(25)21-18)9-12-7-8-13(27-12)14(23)26-2/h3-8,16H,9H2,1-2H3,(H,21,25)/t18-/m1/s1. The zero-order valence-electron chi connectivity index (χ0n) is 14.9. The largest absolute Gasteiger partial charge is 0.463 e. The molecule has 0 saturated carbocycles. The quantitative estimate of drug-likeness (QED) is 0.598. The second-order valence-corrected chi connectivity index (χ2v) is 6.11. The van der Waals surface area contributed by atoms with Crippen LogP contribution in [0, 0.1) is 0 Å². The first-order valence-electron chi connectivity index (χ1n) is 8.11. The van der Waals surface area contributed by atoms with Crippen molar-refractivity contribution in [2.45, 2.75) is 25.6 Å². The lowest BCUT2D eigenvalue weighted by molar-refractivity contribution is -0.131. The molecule has 2 aromatic rings. The minimum atomic E-state index is -2.96. The minimum absolute atomic E-state index is 0.0538. The molecule has 1 aromatic carbocycles. The minimum Gasteiger partial charge on any atom is -0.463 e. The maximum absolute atomic E-state index is 12.9. The molecule has 10 heteroatoms. The zero-order chi connectivity index (χ0) is 20.5. The van der Waals surface area contributed by atoms with E-state index in [2.05, 4.69) is 14.8 Å². The van der Waals surface area contributed by atoms with E-state index in [9.17, 15) is 23.2 Å². The van der Waals surface area contributed by atoms with Crippen molar-refractivity contribution in [1.82, 2.24) is 10.2 Å². The summed E-state index contributed by atoms with van der Waals surface area (Å²) in [5, 5.41) is 2.58. The van der Waals surface area contributed by atoms with Crippen molar-refractivity contribution < 1.29 is 37.1 Å². The number of nitrogens with one attached hydrogen (secondary N) is 1. The van der Waals surface area contributed by atoms with Crippen molar-refractivity contribution >= 4 is 17.9 Å². The lowest BCUT2D eigenvalue weighted by Gasteiger charge is -2.22. The van der Waals surface area contributed by atoms with Gasteiger partial charge in [-0.05, 0) is 36.8 Å². The number of ether oxygens (including phenoxy) is 2. The predicted molar refractivity (Wildman–Crippen MR) is 89.6 cm³/mol. The van der Waals surface area contributed by atoms with Crippen LogP contribution in [0.15, 0.2) is 40.8 Å². The Kier molecular flexibility index (Phi) is 5.04. The summed E-state index contributed by atoms with van der Waals surface area (Å²) in [5.41, 5.74) is -0.997. The second-order valence-electron chi connectivity index (χ2n) is 6.11. The highest BCUT2D eigenvalue weighted by atomic mass is 19.3. The molecule has 1 N–H and O–H groups in total. The number of carbonyl (C=O) groups is 3. The van der Waals surface area contributed by atoms with Gasteiger partial charge in [0.25, 0.3) is 5.91 Å². The van der Waals surface area contributed by atoms with Gasteiger partial charge in [-0.2, -0.15) is 8.78 Å². The van der Waals surface area contributed by atoms with Gasteiger partial charge < -0.3 is 19.2 Å². The summed E-state index contributed by atoms with van der Waals surface area (Å²) < 4.78 is 38.6. The van der Waals surface area contributed by atoms with E-state index in [-0.39, 0.29) is 23.8 Å². The summed E-state index contributed by atoms with van der Waals surface area (Å²) in [6.45, 7) is -1.66.